The summed E-state index contributed by atoms with van der Waals surface area (Å²) >= 11 is 0. The third kappa shape index (κ3) is 3.69. The summed E-state index contributed by atoms with van der Waals surface area (Å²) in [6.45, 7) is 12.1. The summed E-state index contributed by atoms with van der Waals surface area (Å²) in [6.07, 6.45) is 6.85. The predicted molar refractivity (Wildman–Crippen MR) is 74.3 cm³/mol. The molecule has 1 N–H and O–H groups in total. The molecule has 1 saturated carbocycles. The minimum Gasteiger partial charge on any atom is -0.312 e. The Morgan fingerprint density at radius 2 is 1.59 bits per heavy atom. The van der Waals surface area contributed by atoms with Gasteiger partial charge >= 0.3 is 0 Å². The van der Waals surface area contributed by atoms with E-state index in [0.29, 0.717) is 17.5 Å². The average Bonchev–Trinajstić information content (AvgIpc) is 2.56. The van der Waals surface area contributed by atoms with E-state index in [1.165, 1.54) is 45.2 Å². The molecule has 2 aliphatic rings. The van der Waals surface area contributed by atoms with Gasteiger partial charge in [-0.2, -0.15) is 0 Å². The SMILES string of the molecule is CC1CCN(C2CCC(C)(C)C2)CCC(C)N1. The van der Waals surface area contributed by atoms with Gasteiger partial charge in [-0.25, -0.2) is 0 Å². The second-order valence-corrected chi connectivity index (χ2v) is 7.14. The van der Waals surface area contributed by atoms with Gasteiger partial charge in [0.2, 0.25) is 0 Å². The molecule has 0 bridgehead atoms. The Bertz CT molecular complexity index is 237. The van der Waals surface area contributed by atoms with Crippen LogP contribution in [-0.4, -0.2) is 36.1 Å². The standard InChI is InChI=1S/C15H30N2/c1-12-6-9-17(10-7-13(2)16-12)14-5-8-15(3,4)11-14/h12-14,16H,5-11H2,1-4H3. The van der Waals surface area contributed by atoms with Crippen LogP contribution in [0, 0.1) is 5.41 Å². The van der Waals surface area contributed by atoms with Gasteiger partial charge in [-0.3, -0.25) is 0 Å². The van der Waals surface area contributed by atoms with Crippen LogP contribution in [-0.2, 0) is 0 Å². The first kappa shape index (κ1) is 13.4. The lowest BCUT2D eigenvalue weighted by molar-refractivity contribution is 0.155. The van der Waals surface area contributed by atoms with Crippen molar-refractivity contribution in [1.82, 2.24) is 10.2 Å². The molecule has 2 rings (SSSR count). The predicted octanol–water partition coefficient (Wildman–Crippen LogP) is 3.03. The zero-order valence-electron chi connectivity index (χ0n) is 12.1. The quantitative estimate of drug-likeness (QED) is 0.755. The van der Waals surface area contributed by atoms with Gasteiger partial charge in [0.15, 0.2) is 0 Å². The first-order valence-corrected chi connectivity index (χ1v) is 7.46. The van der Waals surface area contributed by atoms with E-state index < -0.39 is 0 Å². The summed E-state index contributed by atoms with van der Waals surface area (Å²) < 4.78 is 0. The van der Waals surface area contributed by atoms with Crippen LogP contribution in [0.4, 0.5) is 0 Å². The Morgan fingerprint density at radius 3 is 2.06 bits per heavy atom. The van der Waals surface area contributed by atoms with E-state index in [1.807, 2.05) is 0 Å². The molecule has 100 valence electrons. The maximum atomic E-state index is 3.68. The largest absolute Gasteiger partial charge is 0.312 e. The Labute approximate surface area is 107 Å². The van der Waals surface area contributed by atoms with E-state index in [2.05, 4.69) is 37.9 Å². The first-order valence-electron chi connectivity index (χ1n) is 7.46. The van der Waals surface area contributed by atoms with Crippen LogP contribution >= 0.6 is 0 Å². The lowest BCUT2D eigenvalue weighted by Gasteiger charge is -2.35. The molecule has 3 unspecified atom stereocenters. The molecule has 1 heterocycles. The van der Waals surface area contributed by atoms with Crippen LogP contribution in [0.15, 0.2) is 0 Å². The van der Waals surface area contributed by atoms with Crippen molar-refractivity contribution < 1.29 is 0 Å². The fraction of sp³-hybridized carbons (Fsp3) is 1.00. The fourth-order valence-corrected chi connectivity index (χ4v) is 3.56. The Kier molecular flexibility index (Phi) is 4.14. The second kappa shape index (κ2) is 5.27. The van der Waals surface area contributed by atoms with E-state index in [9.17, 15) is 0 Å². The molecule has 0 radical (unpaired) electrons. The summed E-state index contributed by atoms with van der Waals surface area (Å²) in [5, 5.41) is 3.68. The smallest absolute Gasteiger partial charge is 0.0101 e. The second-order valence-electron chi connectivity index (χ2n) is 7.14. The van der Waals surface area contributed by atoms with E-state index >= 15 is 0 Å². The number of hydrogen-bond donors (Lipinski definition) is 1. The van der Waals surface area contributed by atoms with Crippen LogP contribution in [0.1, 0.15) is 59.8 Å². The van der Waals surface area contributed by atoms with E-state index in [1.54, 1.807) is 0 Å². The number of rotatable bonds is 1. The molecular weight excluding hydrogens is 208 g/mol. The van der Waals surface area contributed by atoms with Crippen LogP contribution in [0.5, 0.6) is 0 Å². The van der Waals surface area contributed by atoms with Gasteiger partial charge in [0.25, 0.3) is 0 Å². The summed E-state index contributed by atoms with van der Waals surface area (Å²) in [5.41, 5.74) is 0.586. The highest BCUT2D eigenvalue weighted by molar-refractivity contribution is 4.89. The molecule has 17 heavy (non-hydrogen) atoms. The van der Waals surface area contributed by atoms with Gasteiger partial charge in [0.05, 0.1) is 0 Å². The molecule has 2 fully saturated rings. The highest BCUT2D eigenvalue weighted by atomic mass is 15.2. The van der Waals surface area contributed by atoms with Gasteiger partial charge in [-0.15, -0.1) is 0 Å². The molecule has 0 amide bonds. The minimum absolute atomic E-state index is 0.586. The van der Waals surface area contributed by atoms with Crippen molar-refractivity contribution in [1.29, 1.82) is 0 Å². The summed E-state index contributed by atoms with van der Waals surface area (Å²) in [4.78, 5) is 2.78. The third-order valence-corrected chi connectivity index (χ3v) is 4.73. The molecular formula is C15H30N2. The zero-order chi connectivity index (χ0) is 12.5. The van der Waals surface area contributed by atoms with Gasteiger partial charge < -0.3 is 10.2 Å². The molecule has 1 aliphatic carbocycles. The summed E-state index contributed by atoms with van der Waals surface area (Å²) in [5.74, 6) is 0. The normalized spacial score (nSPS) is 39.9. The summed E-state index contributed by atoms with van der Waals surface area (Å²) in [6, 6.07) is 2.23. The molecule has 2 heteroatoms. The number of nitrogens with one attached hydrogen (secondary N) is 1. The van der Waals surface area contributed by atoms with E-state index in [-0.39, 0.29) is 0 Å². The van der Waals surface area contributed by atoms with E-state index in [4.69, 9.17) is 0 Å². The molecule has 0 aromatic carbocycles. The maximum Gasteiger partial charge on any atom is 0.0101 e. The maximum absolute atomic E-state index is 3.68. The minimum atomic E-state index is 0.586. The number of nitrogens with zero attached hydrogens (tertiary/aromatic N) is 1. The van der Waals surface area contributed by atoms with E-state index in [0.717, 1.165) is 6.04 Å². The highest BCUT2D eigenvalue weighted by Crippen LogP contribution is 2.39. The third-order valence-electron chi connectivity index (χ3n) is 4.73. The summed E-state index contributed by atoms with van der Waals surface area (Å²) in [7, 11) is 0. The Hall–Kier alpha value is -0.0800. The van der Waals surface area contributed by atoms with Crippen molar-refractivity contribution in [2.24, 2.45) is 5.41 Å². The highest BCUT2D eigenvalue weighted by Gasteiger charge is 2.34. The van der Waals surface area contributed by atoms with Crippen LogP contribution in [0.2, 0.25) is 0 Å². The van der Waals surface area contributed by atoms with Crippen LogP contribution < -0.4 is 5.32 Å². The lowest BCUT2D eigenvalue weighted by Crippen LogP contribution is -2.45. The van der Waals surface area contributed by atoms with Crippen molar-refractivity contribution in [2.75, 3.05) is 13.1 Å². The lowest BCUT2D eigenvalue weighted by atomic mass is 9.91. The number of hydrogen-bond acceptors (Lipinski definition) is 2. The van der Waals surface area contributed by atoms with Gasteiger partial charge in [-0.1, -0.05) is 13.8 Å². The van der Waals surface area contributed by atoms with Crippen LogP contribution in [0.3, 0.4) is 0 Å². The van der Waals surface area contributed by atoms with Gasteiger partial charge in [-0.05, 0) is 64.5 Å². The fourth-order valence-electron chi connectivity index (χ4n) is 3.56. The zero-order valence-corrected chi connectivity index (χ0v) is 12.1. The van der Waals surface area contributed by atoms with Crippen molar-refractivity contribution in [3.05, 3.63) is 0 Å². The molecule has 1 aliphatic heterocycles. The van der Waals surface area contributed by atoms with Crippen molar-refractivity contribution in [3.8, 4) is 0 Å². The molecule has 0 spiro atoms. The monoisotopic (exact) mass is 238 g/mol. The van der Waals surface area contributed by atoms with Crippen molar-refractivity contribution in [2.45, 2.75) is 77.9 Å². The molecule has 2 nitrogen and oxygen atoms in total. The Morgan fingerprint density at radius 1 is 1.00 bits per heavy atom. The van der Waals surface area contributed by atoms with Crippen molar-refractivity contribution in [3.63, 3.8) is 0 Å². The molecule has 1 saturated heterocycles. The molecule has 3 atom stereocenters. The van der Waals surface area contributed by atoms with Crippen LogP contribution in [0.25, 0.3) is 0 Å². The Balaban J connectivity index is 1.91. The van der Waals surface area contributed by atoms with Gasteiger partial charge in [0, 0.05) is 18.1 Å². The first-order chi connectivity index (χ1) is 7.96. The molecule has 0 aromatic heterocycles. The average molecular weight is 238 g/mol. The van der Waals surface area contributed by atoms with Gasteiger partial charge in [0.1, 0.15) is 0 Å². The van der Waals surface area contributed by atoms with Crippen molar-refractivity contribution >= 4 is 0 Å². The topological polar surface area (TPSA) is 15.3 Å². The molecule has 0 aromatic rings.